The van der Waals surface area contributed by atoms with E-state index in [2.05, 4.69) is 5.32 Å². The van der Waals surface area contributed by atoms with E-state index >= 15 is 0 Å². The van der Waals surface area contributed by atoms with Gasteiger partial charge in [-0.2, -0.15) is 0 Å². The predicted octanol–water partition coefficient (Wildman–Crippen LogP) is 2.90. The molecule has 0 atom stereocenters. The summed E-state index contributed by atoms with van der Waals surface area (Å²) in [5.74, 6) is -2.35. The molecule has 0 unspecified atom stereocenters. The summed E-state index contributed by atoms with van der Waals surface area (Å²) in [6, 6.07) is 7.69. The highest BCUT2D eigenvalue weighted by atomic mass is 19.1. The van der Waals surface area contributed by atoms with Gasteiger partial charge in [-0.1, -0.05) is 0 Å². The van der Waals surface area contributed by atoms with Crippen LogP contribution in [-0.2, 0) is 6.42 Å². The molecule has 21 heavy (non-hydrogen) atoms. The lowest BCUT2D eigenvalue weighted by Crippen LogP contribution is -2.10. The molecule has 0 amide bonds. The smallest absolute Gasteiger partial charge is 0.337 e. The standard InChI is InChI=1S/C15H14F2N2O2/c16-10-5-9(6-11(17)7-10)3-4-19-14-8-12(18)1-2-13(14)15(20)21/h1-2,5-8,19H,3-4,18H2,(H,20,21). The number of nitrogens with two attached hydrogens (primary N) is 1. The zero-order valence-corrected chi connectivity index (χ0v) is 11.1. The van der Waals surface area contributed by atoms with Gasteiger partial charge in [0.25, 0.3) is 0 Å². The molecule has 0 aromatic heterocycles. The van der Waals surface area contributed by atoms with Crippen LogP contribution in [0.25, 0.3) is 0 Å². The van der Waals surface area contributed by atoms with Gasteiger partial charge in [0, 0.05) is 18.3 Å². The molecule has 0 heterocycles. The average Bonchev–Trinajstić information content (AvgIpc) is 2.37. The maximum Gasteiger partial charge on any atom is 0.337 e. The molecule has 0 radical (unpaired) electrons. The van der Waals surface area contributed by atoms with Crippen LogP contribution < -0.4 is 11.1 Å². The highest BCUT2D eigenvalue weighted by Crippen LogP contribution is 2.19. The normalized spacial score (nSPS) is 10.4. The van der Waals surface area contributed by atoms with Gasteiger partial charge in [-0.3, -0.25) is 0 Å². The van der Waals surface area contributed by atoms with Gasteiger partial charge in [0.05, 0.1) is 11.3 Å². The van der Waals surface area contributed by atoms with E-state index in [1.807, 2.05) is 0 Å². The highest BCUT2D eigenvalue weighted by molar-refractivity contribution is 5.95. The van der Waals surface area contributed by atoms with Gasteiger partial charge >= 0.3 is 5.97 Å². The lowest BCUT2D eigenvalue weighted by molar-refractivity contribution is 0.0698. The number of benzene rings is 2. The Morgan fingerprint density at radius 2 is 1.81 bits per heavy atom. The van der Waals surface area contributed by atoms with E-state index < -0.39 is 17.6 Å². The summed E-state index contributed by atoms with van der Waals surface area (Å²) in [4.78, 5) is 11.1. The van der Waals surface area contributed by atoms with Crippen molar-refractivity contribution in [1.29, 1.82) is 0 Å². The number of aromatic carboxylic acids is 1. The summed E-state index contributed by atoms with van der Waals surface area (Å²) >= 11 is 0. The van der Waals surface area contributed by atoms with E-state index in [1.165, 1.54) is 30.3 Å². The Morgan fingerprint density at radius 1 is 1.14 bits per heavy atom. The van der Waals surface area contributed by atoms with Crippen LogP contribution in [0.2, 0.25) is 0 Å². The van der Waals surface area contributed by atoms with Gasteiger partial charge < -0.3 is 16.2 Å². The second kappa shape index (κ2) is 6.21. The zero-order valence-electron chi connectivity index (χ0n) is 11.1. The summed E-state index contributed by atoms with van der Waals surface area (Å²) in [5.41, 5.74) is 7.00. The average molecular weight is 292 g/mol. The van der Waals surface area contributed by atoms with E-state index in [-0.39, 0.29) is 5.56 Å². The summed E-state index contributed by atoms with van der Waals surface area (Å²) in [6.45, 7) is 0.326. The number of hydrogen-bond donors (Lipinski definition) is 3. The topological polar surface area (TPSA) is 75.4 Å². The van der Waals surface area contributed by atoms with Gasteiger partial charge in [0.1, 0.15) is 11.6 Å². The van der Waals surface area contributed by atoms with E-state index in [1.54, 1.807) is 0 Å². The Kier molecular flexibility index (Phi) is 4.37. The van der Waals surface area contributed by atoms with Crippen molar-refractivity contribution >= 4 is 17.3 Å². The van der Waals surface area contributed by atoms with Crippen LogP contribution in [0.3, 0.4) is 0 Å². The third-order valence-corrected chi connectivity index (χ3v) is 2.93. The molecule has 2 rings (SSSR count). The van der Waals surface area contributed by atoms with Crippen LogP contribution >= 0.6 is 0 Å². The monoisotopic (exact) mass is 292 g/mol. The fraction of sp³-hybridized carbons (Fsp3) is 0.133. The maximum absolute atomic E-state index is 13.0. The predicted molar refractivity (Wildman–Crippen MR) is 76.4 cm³/mol. The van der Waals surface area contributed by atoms with Crippen molar-refractivity contribution < 1.29 is 18.7 Å². The van der Waals surface area contributed by atoms with E-state index in [9.17, 15) is 13.6 Å². The van der Waals surface area contributed by atoms with E-state index in [0.29, 0.717) is 29.9 Å². The third kappa shape index (κ3) is 3.92. The molecular weight excluding hydrogens is 278 g/mol. The van der Waals surface area contributed by atoms with Gasteiger partial charge in [-0.15, -0.1) is 0 Å². The Labute approximate surface area is 120 Å². The van der Waals surface area contributed by atoms with Crippen LogP contribution in [-0.4, -0.2) is 17.6 Å². The fourth-order valence-electron chi connectivity index (χ4n) is 1.99. The second-order valence-corrected chi connectivity index (χ2v) is 4.56. The molecule has 0 spiro atoms. The molecule has 6 heteroatoms. The highest BCUT2D eigenvalue weighted by Gasteiger charge is 2.10. The molecule has 4 nitrogen and oxygen atoms in total. The van der Waals surface area contributed by atoms with Crippen LogP contribution in [0, 0.1) is 11.6 Å². The molecule has 110 valence electrons. The van der Waals surface area contributed by atoms with Gasteiger partial charge in [0.2, 0.25) is 0 Å². The number of nitrogen functional groups attached to an aromatic ring is 1. The molecule has 0 aliphatic rings. The molecule has 0 aliphatic carbocycles. The first-order chi connectivity index (χ1) is 9.95. The molecule has 0 saturated heterocycles. The summed E-state index contributed by atoms with van der Waals surface area (Å²) in [7, 11) is 0. The number of rotatable bonds is 5. The first-order valence-corrected chi connectivity index (χ1v) is 6.27. The van der Waals surface area contributed by atoms with Crippen LogP contribution in [0.4, 0.5) is 20.2 Å². The lowest BCUT2D eigenvalue weighted by atomic mass is 10.1. The van der Waals surface area contributed by atoms with Gasteiger partial charge in [-0.25, -0.2) is 13.6 Å². The minimum absolute atomic E-state index is 0.0922. The Bertz CT molecular complexity index is 654. The SMILES string of the molecule is Nc1ccc(C(=O)O)c(NCCc2cc(F)cc(F)c2)c1. The third-order valence-electron chi connectivity index (χ3n) is 2.93. The largest absolute Gasteiger partial charge is 0.478 e. The Balaban J connectivity index is 2.06. The summed E-state index contributed by atoms with van der Waals surface area (Å²) < 4.78 is 26.1. The van der Waals surface area contributed by atoms with Crippen LogP contribution in [0.5, 0.6) is 0 Å². The first-order valence-electron chi connectivity index (χ1n) is 6.27. The molecular formula is C15H14F2N2O2. The van der Waals surface area contributed by atoms with Crippen molar-refractivity contribution in [3.8, 4) is 0 Å². The van der Waals surface area contributed by atoms with E-state index in [0.717, 1.165) is 6.07 Å². The van der Waals surface area contributed by atoms with Gasteiger partial charge in [-0.05, 0) is 42.3 Å². The van der Waals surface area contributed by atoms with Gasteiger partial charge in [0.15, 0.2) is 0 Å². The number of halogens is 2. The van der Waals surface area contributed by atoms with Crippen molar-refractivity contribution in [2.75, 3.05) is 17.6 Å². The second-order valence-electron chi connectivity index (χ2n) is 4.56. The molecule has 4 N–H and O–H groups in total. The number of carbonyl (C=O) groups is 1. The number of carboxylic acid groups (broad SMARTS) is 1. The molecule has 2 aromatic carbocycles. The zero-order chi connectivity index (χ0) is 15.4. The molecule has 0 bridgehead atoms. The number of anilines is 2. The fourth-order valence-corrected chi connectivity index (χ4v) is 1.99. The maximum atomic E-state index is 13.0. The van der Waals surface area contributed by atoms with Crippen molar-refractivity contribution in [1.82, 2.24) is 0 Å². The van der Waals surface area contributed by atoms with Crippen molar-refractivity contribution in [3.05, 3.63) is 59.2 Å². The first kappa shape index (κ1) is 14.8. The van der Waals surface area contributed by atoms with Crippen LogP contribution in [0.15, 0.2) is 36.4 Å². The van der Waals surface area contributed by atoms with Crippen molar-refractivity contribution in [2.24, 2.45) is 0 Å². The van der Waals surface area contributed by atoms with Crippen molar-refractivity contribution in [2.45, 2.75) is 6.42 Å². The summed E-state index contributed by atoms with van der Waals surface area (Å²) in [5, 5.41) is 12.0. The molecule has 0 aliphatic heterocycles. The number of carboxylic acids is 1. The number of hydrogen-bond acceptors (Lipinski definition) is 3. The van der Waals surface area contributed by atoms with Crippen molar-refractivity contribution in [3.63, 3.8) is 0 Å². The number of nitrogens with one attached hydrogen (secondary N) is 1. The van der Waals surface area contributed by atoms with E-state index in [4.69, 9.17) is 10.8 Å². The minimum Gasteiger partial charge on any atom is -0.478 e. The molecule has 0 fully saturated rings. The molecule has 2 aromatic rings. The minimum atomic E-state index is -1.07. The Morgan fingerprint density at radius 3 is 2.43 bits per heavy atom. The van der Waals surface area contributed by atoms with Crippen LogP contribution in [0.1, 0.15) is 15.9 Å². The summed E-state index contributed by atoms with van der Waals surface area (Å²) in [6.07, 6.45) is 0.350. The Hall–Kier alpha value is -2.63. The lowest BCUT2D eigenvalue weighted by Gasteiger charge is -2.10. The quantitative estimate of drug-likeness (QED) is 0.741. The molecule has 0 saturated carbocycles.